The molecule has 0 radical (unpaired) electrons. The number of carbonyl (C=O) groups excluding carboxylic acids is 1. The predicted octanol–water partition coefficient (Wildman–Crippen LogP) is 1.72. The molecule has 0 aliphatic rings. The minimum atomic E-state index is -0.260. The van der Waals surface area contributed by atoms with E-state index in [-0.39, 0.29) is 18.1 Å². The number of ketones is 1. The third-order valence-electron chi connectivity index (χ3n) is 1.75. The second kappa shape index (κ2) is 6.28. The van der Waals surface area contributed by atoms with Crippen LogP contribution in [0, 0.1) is 12.3 Å². The number of ether oxygens (including phenoxy) is 1. The largest absolute Gasteiger partial charge is 0.487 e. The van der Waals surface area contributed by atoms with Crippen molar-refractivity contribution in [1.29, 1.82) is 0 Å². The van der Waals surface area contributed by atoms with E-state index in [1.807, 2.05) is 0 Å². The molecule has 0 saturated heterocycles. The van der Waals surface area contributed by atoms with Gasteiger partial charge in [-0.15, -0.1) is 6.42 Å². The zero-order valence-electron chi connectivity index (χ0n) is 9.64. The van der Waals surface area contributed by atoms with Crippen molar-refractivity contribution in [2.24, 2.45) is 4.99 Å². The molecule has 0 atom stereocenters. The average Bonchev–Trinajstić information content (AvgIpc) is 2.79. The molecule has 0 fully saturated rings. The van der Waals surface area contributed by atoms with Gasteiger partial charge in [0.05, 0.1) is 12.4 Å². The Morgan fingerprint density at radius 1 is 1.71 bits per heavy atom. The van der Waals surface area contributed by atoms with Crippen LogP contribution < -0.4 is 0 Å². The van der Waals surface area contributed by atoms with Crippen molar-refractivity contribution in [3.05, 3.63) is 30.3 Å². The molecule has 0 aromatic carbocycles. The normalized spacial score (nSPS) is 12.1. The van der Waals surface area contributed by atoms with Gasteiger partial charge in [-0.3, -0.25) is 4.79 Å². The van der Waals surface area contributed by atoms with Gasteiger partial charge in [0.2, 0.25) is 5.89 Å². The van der Waals surface area contributed by atoms with Crippen molar-refractivity contribution in [3.8, 4) is 12.3 Å². The van der Waals surface area contributed by atoms with Gasteiger partial charge in [-0.1, -0.05) is 0 Å². The molecule has 1 heterocycles. The minimum absolute atomic E-state index is 0.0593. The maximum absolute atomic E-state index is 11.0. The molecular formula is C12H12N2O3. The van der Waals surface area contributed by atoms with Crippen LogP contribution in [0.1, 0.15) is 19.7 Å². The number of aromatic nitrogens is 1. The molecule has 0 aliphatic carbocycles. The van der Waals surface area contributed by atoms with Crippen LogP contribution in [0.25, 0.3) is 0 Å². The Kier molecular flexibility index (Phi) is 4.70. The van der Waals surface area contributed by atoms with Crippen LogP contribution in [0.3, 0.4) is 0 Å². The van der Waals surface area contributed by atoms with Gasteiger partial charge in [-0.05, 0) is 12.8 Å². The Hall–Kier alpha value is -2.35. The molecule has 1 aromatic heterocycles. The van der Waals surface area contributed by atoms with Crippen molar-refractivity contribution in [3.63, 3.8) is 0 Å². The monoisotopic (exact) mass is 232 g/mol. The summed E-state index contributed by atoms with van der Waals surface area (Å²) in [5, 5.41) is 0. The van der Waals surface area contributed by atoms with Crippen LogP contribution >= 0.6 is 0 Å². The highest BCUT2D eigenvalue weighted by Gasteiger charge is 2.00. The van der Waals surface area contributed by atoms with Gasteiger partial charge >= 0.3 is 0 Å². The Morgan fingerprint density at radius 2 is 2.47 bits per heavy atom. The second-order valence-corrected chi connectivity index (χ2v) is 3.13. The van der Waals surface area contributed by atoms with E-state index in [0.717, 1.165) is 0 Å². The Balaban J connectivity index is 2.55. The number of hydrogen-bond donors (Lipinski definition) is 0. The maximum atomic E-state index is 11.0. The topological polar surface area (TPSA) is 64.7 Å². The molecule has 0 amide bonds. The third-order valence-corrected chi connectivity index (χ3v) is 1.75. The number of rotatable bonds is 5. The number of hydrogen-bond acceptors (Lipinski definition) is 5. The zero-order chi connectivity index (χ0) is 12.7. The molecule has 0 unspecified atom stereocenters. The fourth-order valence-electron chi connectivity index (χ4n) is 0.922. The van der Waals surface area contributed by atoms with Gasteiger partial charge in [-0.2, -0.15) is 0 Å². The summed E-state index contributed by atoms with van der Waals surface area (Å²) >= 11 is 0. The smallest absolute Gasteiger partial charge is 0.232 e. The lowest BCUT2D eigenvalue weighted by atomic mass is 10.3. The number of Topliss-reactive ketones (excluding diaryl/α,β-unsaturated/α-hetero) is 1. The van der Waals surface area contributed by atoms with Crippen LogP contribution in [0.4, 0.5) is 0 Å². The molecule has 0 aliphatic heterocycles. The molecule has 1 rings (SSSR count). The lowest BCUT2D eigenvalue weighted by Gasteiger charge is -2.01. The Bertz CT molecular complexity index is 478. The number of allylic oxidation sites excluding steroid dienone is 1. The van der Waals surface area contributed by atoms with Crippen molar-refractivity contribution in [2.75, 3.05) is 0 Å². The van der Waals surface area contributed by atoms with E-state index < -0.39 is 0 Å². The van der Waals surface area contributed by atoms with E-state index in [1.165, 1.54) is 25.6 Å². The maximum Gasteiger partial charge on any atom is 0.232 e. The summed E-state index contributed by atoms with van der Waals surface area (Å²) in [6, 6.07) is 0. The predicted molar refractivity (Wildman–Crippen MR) is 62.0 cm³/mol. The van der Waals surface area contributed by atoms with Crippen molar-refractivity contribution >= 4 is 11.5 Å². The van der Waals surface area contributed by atoms with Crippen LogP contribution in [-0.2, 0) is 16.1 Å². The van der Waals surface area contributed by atoms with Crippen LogP contribution in [0.15, 0.2) is 33.8 Å². The van der Waals surface area contributed by atoms with E-state index in [0.29, 0.717) is 11.6 Å². The highest BCUT2D eigenvalue weighted by molar-refractivity contribution is 6.45. The lowest BCUT2D eigenvalue weighted by molar-refractivity contribution is -0.110. The van der Waals surface area contributed by atoms with E-state index in [4.69, 9.17) is 15.6 Å². The summed E-state index contributed by atoms with van der Waals surface area (Å²) in [7, 11) is 0. The van der Waals surface area contributed by atoms with Crippen LogP contribution in [-0.4, -0.2) is 16.5 Å². The summed E-state index contributed by atoms with van der Waals surface area (Å²) in [4.78, 5) is 18.7. The molecule has 5 nitrogen and oxygen atoms in total. The van der Waals surface area contributed by atoms with Gasteiger partial charge in [0.15, 0.2) is 18.1 Å². The number of oxazole rings is 1. The molecular weight excluding hydrogens is 220 g/mol. The number of aliphatic imine (C=N–C) groups is 1. The summed E-state index contributed by atoms with van der Waals surface area (Å²) < 4.78 is 10.3. The molecule has 0 saturated carbocycles. The van der Waals surface area contributed by atoms with E-state index in [1.54, 1.807) is 6.92 Å². The van der Waals surface area contributed by atoms with Crippen molar-refractivity contribution < 1.29 is 13.9 Å². The summed E-state index contributed by atoms with van der Waals surface area (Å²) in [5.41, 5.74) is 0.0593. The van der Waals surface area contributed by atoms with Gasteiger partial charge in [0.25, 0.3) is 0 Å². The third kappa shape index (κ3) is 4.34. The molecule has 1 aromatic rings. The first-order valence-electron chi connectivity index (χ1n) is 4.86. The fraction of sp³-hybridized carbons (Fsp3) is 0.250. The summed E-state index contributed by atoms with van der Waals surface area (Å²) in [5.74, 6) is 2.91. The first kappa shape index (κ1) is 12.7. The number of nitrogens with zero attached hydrogens (tertiary/aromatic N) is 2. The van der Waals surface area contributed by atoms with E-state index in [2.05, 4.69) is 15.9 Å². The molecule has 0 N–H and O–H groups in total. The number of carbonyl (C=O) groups is 1. The van der Waals surface area contributed by atoms with Gasteiger partial charge in [0, 0.05) is 6.92 Å². The van der Waals surface area contributed by atoms with Crippen molar-refractivity contribution in [1.82, 2.24) is 4.98 Å². The first-order chi connectivity index (χ1) is 8.13. The van der Waals surface area contributed by atoms with E-state index >= 15 is 0 Å². The van der Waals surface area contributed by atoms with Crippen LogP contribution in [0.5, 0.6) is 0 Å². The molecule has 0 bridgehead atoms. The minimum Gasteiger partial charge on any atom is -0.487 e. The average molecular weight is 232 g/mol. The van der Waals surface area contributed by atoms with Gasteiger partial charge < -0.3 is 9.15 Å². The summed E-state index contributed by atoms with van der Waals surface area (Å²) in [6.45, 7) is 3.26. The molecule has 5 heteroatoms. The van der Waals surface area contributed by atoms with Crippen molar-refractivity contribution in [2.45, 2.75) is 20.5 Å². The summed E-state index contributed by atoms with van der Waals surface area (Å²) in [6.07, 6.45) is 9.49. The lowest BCUT2D eigenvalue weighted by Crippen LogP contribution is -2.05. The number of terminal acetylenes is 1. The van der Waals surface area contributed by atoms with E-state index in [9.17, 15) is 4.79 Å². The molecule has 88 valence electrons. The highest BCUT2D eigenvalue weighted by atomic mass is 16.5. The quantitative estimate of drug-likeness (QED) is 0.440. The van der Waals surface area contributed by atoms with Gasteiger partial charge in [0.1, 0.15) is 12.0 Å². The fourth-order valence-corrected chi connectivity index (χ4v) is 0.922. The van der Waals surface area contributed by atoms with Crippen LogP contribution in [0.2, 0.25) is 0 Å². The highest BCUT2D eigenvalue weighted by Crippen LogP contribution is 2.03. The SMILES string of the molecule is C#CC(=N/C=C(\C)OCc1ncco1)C(C)=O. The molecule has 17 heavy (non-hydrogen) atoms. The Labute approximate surface area is 99.2 Å². The first-order valence-corrected chi connectivity index (χ1v) is 4.86. The standard InChI is InChI=1S/C12H12N2O3/c1-4-11(10(3)15)14-7-9(2)17-8-12-13-5-6-16-12/h1,5-7H,8H2,2-3H3/b9-7+,14-11?. The molecule has 0 spiro atoms. The second-order valence-electron chi connectivity index (χ2n) is 3.13. The zero-order valence-corrected chi connectivity index (χ0v) is 9.64. The van der Waals surface area contributed by atoms with Gasteiger partial charge in [-0.25, -0.2) is 9.98 Å². The Morgan fingerprint density at radius 3 is 3.00 bits per heavy atom.